The van der Waals surface area contributed by atoms with E-state index in [1.165, 1.54) is 107 Å². The first-order chi connectivity index (χ1) is 62.7. The Kier molecular flexibility index (Phi) is 30.2. The summed E-state index contributed by atoms with van der Waals surface area (Å²) >= 11 is 3.85. The number of aryl methyl sites for hydroxylation is 3. The van der Waals surface area contributed by atoms with Gasteiger partial charge in [0.15, 0.2) is 0 Å². The maximum Gasteiger partial charge on any atom is 0.297 e. The molecule has 6 aromatic carbocycles. The zero-order chi connectivity index (χ0) is 94.2. The molecule has 0 aliphatic carbocycles. The minimum Gasteiger partial charge on any atom is -0.448 e. The van der Waals surface area contributed by atoms with Gasteiger partial charge in [0, 0.05) is 120 Å². The molecule has 0 bridgehead atoms. The molecule has 0 saturated heterocycles. The Morgan fingerprint density at radius 1 is 0.405 bits per heavy atom. The molecule has 0 aliphatic rings. The monoisotopic (exact) mass is 1840 g/mol. The number of aromatic nitrogens is 6. The van der Waals surface area contributed by atoms with Gasteiger partial charge >= 0.3 is 0 Å². The summed E-state index contributed by atoms with van der Waals surface area (Å²) in [6.07, 6.45) is 0. The van der Waals surface area contributed by atoms with E-state index in [4.69, 9.17) is 45.4 Å². The molecule has 0 fully saturated rings. The smallest absolute Gasteiger partial charge is 0.297 e. The second-order valence-electron chi connectivity index (χ2n) is 33.2. The molecule has 27 nitrogen and oxygen atoms in total. The molecule has 15 rings (SSSR count). The number of halogens is 3. The fraction of sp³-hybridized carbons (Fsp3) is 0.327. The largest absolute Gasteiger partial charge is 0.448 e. The van der Waals surface area contributed by atoms with E-state index in [1.54, 1.807) is 100 Å². The molecule has 684 valence electrons. The van der Waals surface area contributed by atoms with Crippen molar-refractivity contribution < 1.29 is 55.2 Å². The van der Waals surface area contributed by atoms with Crippen molar-refractivity contribution in [2.24, 2.45) is 35.0 Å². The van der Waals surface area contributed by atoms with Crippen LogP contribution < -0.4 is 39.2 Å². The van der Waals surface area contributed by atoms with Gasteiger partial charge in [0.05, 0.1) is 52.4 Å². The molecule has 3 unspecified atom stereocenters. The first-order valence-electron chi connectivity index (χ1n) is 43.4. The Labute approximate surface area is 765 Å². The summed E-state index contributed by atoms with van der Waals surface area (Å²) in [5.41, 5.74) is 22.9. The number of thiophene rings is 3. The molecule has 9 heterocycles. The summed E-state index contributed by atoms with van der Waals surface area (Å²) in [6, 6.07) is 42.5. The van der Waals surface area contributed by atoms with E-state index >= 15 is 0 Å². The molecule has 6 amide bonds. The standard InChI is InChI=1S/C34H38FN5O4S.2C32H34FN5O4S/c1-6-38(7-2)33(42)27-15-13-24(45-27)19-40-31(37-28-25-18-23(35)12-14-26(25)44-30(28)34(40)43)29(20(3)4)39(17-16-36)32(41)22-10-8-21(5)9-11-22;1-18(2)27(37(15-14-34)30(39)20-8-6-19(3)7-9-20)29-35-26-23-16-21(33)10-12-24(23)42-28(26)32(41)38(29)17-22-11-13-25(43-22)31(40)36(4)5;1-5-35-30(39)25-13-11-22(43-25)17-38-29(36-26-23-16-21(33)10-12-24(23)42-28(26)32(38)41)27(18(2)3)37(15-14-34)31(40)20-8-6-19(4)7-9-20/h8-15,18,20,29H,6-7,16-17,19,36H2,1-5H3;6-13,16,18,27H,14-15,17,34H2,1-5H3;6-13,16,18,27H,5,14-15,17,34H2,1-4H3,(H,35,39). The number of rotatable bonds is 30. The maximum atomic E-state index is 14.4. The SMILES string of the molecule is CCN(CC)C(=O)c1ccc(Cn2c(C(C(C)C)N(CCN)C(=O)c3ccc(C)cc3)nc3c(oc4ccc(F)cc43)c2=O)s1.CCNC(=O)c1ccc(Cn2c(C(C(C)C)N(CCN)C(=O)c3ccc(C)cc3)nc3c(oc4ccc(F)cc43)c2=O)s1.Cc1ccc(C(=O)N(CCN)C(c2nc3c(oc4ccc(F)cc43)c(=O)n2Cc2ccc(C(=O)N(C)C)s2)C(C)C)cc1. The Bertz CT molecular complexity index is 6940. The first-order valence-corrected chi connectivity index (χ1v) is 45.8. The summed E-state index contributed by atoms with van der Waals surface area (Å²) < 4.78 is 65.2. The fourth-order valence-electron chi connectivity index (χ4n) is 16.1. The Hall–Kier alpha value is -13.1. The van der Waals surface area contributed by atoms with Crippen LogP contribution in [0.2, 0.25) is 0 Å². The number of carbonyl (C=O) groups is 6. The van der Waals surface area contributed by atoms with E-state index in [1.807, 2.05) is 126 Å². The van der Waals surface area contributed by atoms with Crippen LogP contribution in [0.25, 0.3) is 66.2 Å². The molecule has 33 heteroatoms. The van der Waals surface area contributed by atoms with Crippen molar-refractivity contribution in [1.82, 2.24) is 58.5 Å². The second kappa shape index (κ2) is 41.4. The number of amides is 6. The molecule has 7 N–H and O–H groups in total. The van der Waals surface area contributed by atoms with E-state index in [0.29, 0.717) is 101 Å². The van der Waals surface area contributed by atoms with Crippen LogP contribution in [-0.2, 0) is 19.6 Å². The van der Waals surface area contributed by atoms with Gasteiger partial charge in [-0.1, -0.05) is 94.6 Å². The predicted molar refractivity (Wildman–Crippen MR) is 507 cm³/mol. The lowest BCUT2D eigenvalue weighted by molar-refractivity contribution is 0.0606. The third-order valence-electron chi connectivity index (χ3n) is 22.5. The van der Waals surface area contributed by atoms with Gasteiger partial charge in [-0.15, -0.1) is 34.0 Å². The summed E-state index contributed by atoms with van der Waals surface area (Å²) in [6.45, 7) is 26.4. The van der Waals surface area contributed by atoms with Gasteiger partial charge < -0.3 is 60.3 Å². The first kappa shape index (κ1) is 95.5. The number of nitrogens with two attached hydrogens (primary N) is 3. The predicted octanol–water partition coefficient (Wildman–Crippen LogP) is 16.4. The number of furan rings is 3. The number of hydrogen-bond donors (Lipinski definition) is 4. The average molecular weight is 1840 g/mol. The highest BCUT2D eigenvalue weighted by Gasteiger charge is 2.39. The normalized spacial score (nSPS) is 12.3. The maximum absolute atomic E-state index is 14.4. The van der Waals surface area contributed by atoms with Gasteiger partial charge in [-0.2, -0.15) is 0 Å². The van der Waals surface area contributed by atoms with Crippen molar-refractivity contribution in [2.75, 3.05) is 73.0 Å². The molecule has 0 radical (unpaired) electrons. The van der Waals surface area contributed by atoms with Crippen LogP contribution in [0.3, 0.4) is 0 Å². The Morgan fingerprint density at radius 3 is 0.969 bits per heavy atom. The molecule has 15 aromatic rings. The van der Waals surface area contributed by atoms with Crippen LogP contribution in [0, 0.1) is 56.0 Å². The fourth-order valence-corrected chi connectivity index (χ4v) is 19.0. The van der Waals surface area contributed by atoms with Gasteiger partial charge in [-0.25, -0.2) is 28.1 Å². The number of fused-ring (bicyclic) bond motifs is 9. The van der Waals surface area contributed by atoms with E-state index in [9.17, 15) is 56.3 Å². The minimum atomic E-state index is -0.672. The highest BCUT2D eigenvalue weighted by molar-refractivity contribution is 7.14. The number of nitrogens with zero attached hydrogens (tertiary/aromatic N) is 11. The highest BCUT2D eigenvalue weighted by Crippen LogP contribution is 2.39. The lowest BCUT2D eigenvalue weighted by Crippen LogP contribution is -2.43. The summed E-state index contributed by atoms with van der Waals surface area (Å²) in [5.74, 6) is -2.23. The van der Waals surface area contributed by atoms with Crippen molar-refractivity contribution >= 4 is 136 Å². The molecular formula is C98H106F3N15O12S3. The second-order valence-corrected chi connectivity index (χ2v) is 36.7. The van der Waals surface area contributed by atoms with Gasteiger partial charge in [0.2, 0.25) is 16.7 Å². The third-order valence-corrected chi connectivity index (χ3v) is 25.7. The third kappa shape index (κ3) is 20.4. The van der Waals surface area contributed by atoms with Gasteiger partial charge in [0.1, 0.15) is 68.2 Å². The molecule has 0 aliphatic heterocycles. The van der Waals surface area contributed by atoms with E-state index in [-0.39, 0.29) is 145 Å². The minimum absolute atomic E-state index is 0.00640. The highest BCUT2D eigenvalue weighted by atomic mass is 32.1. The molecule has 3 atom stereocenters. The quantitative estimate of drug-likeness (QED) is 0.0325. The van der Waals surface area contributed by atoms with Crippen molar-refractivity contribution in [2.45, 2.75) is 121 Å². The molecule has 0 saturated carbocycles. The van der Waals surface area contributed by atoms with Crippen molar-refractivity contribution in [3.8, 4) is 0 Å². The topological polar surface area (TPSA) is 353 Å². The average Bonchev–Trinajstić information content (AvgIpc) is 1.70. The summed E-state index contributed by atoms with van der Waals surface area (Å²) in [4.78, 5) is 150. The molecule has 131 heavy (non-hydrogen) atoms. The van der Waals surface area contributed by atoms with E-state index in [0.717, 1.165) is 31.3 Å². The van der Waals surface area contributed by atoms with Crippen LogP contribution in [0.15, 0.2) is 191 Å². The van der Waals surface area contributed by atoms with Crippen LogP contribution in [0.4, 0.5) is 13.2 Å². The van der Waals surface area contributed by atoms with E-state index in [2.05, 4.69) is 5.32 Å². The van der Waals surface area contributed by atoms with Gasteiger partial charge in [0.25, 0.3) is 52.1 Å². The van der Waals surface area contributed by atoms with Crippen LogP contribution in [0.1, 0.15) is 189 Å². The number of hydrogen-bond acceptors (Lipinski definition) is 21. The lowest BCUT2D eigenvalue weighted by Gasteiger charge is -2.35. The Balaban J connectivity index is 0.000000167. The van der Waals surface area contributed by atoms with Crippen molar-refractivity contribution in [1.29, 1.82) is 0 Å². The molecule has 9 aromatic heterocycles. The van der Waals surface area contributed by atoms with Crippen LogP contribution in [-0.4, -0.2) is 162 Å². The Morgan fingerprint density at radius 2 is 0.695 bits per heavy atom. The van der Waals surface area contributed by atoms with Crippen LogP contribution in [0.5, 0.6) is 0 Å². The zero-order valence-corrected chi connectivity index (χ0v) is 77.9. The number of carbonyl (C=O) groups excluding carboxylic acids is 6. The molecule has 0 spiro atoms. The lowest BCUT2D eigenvalue weighted by atomic mass is 9.99. The van der Waals surface area contributed by atoms with Gasteiger partial charge in [-0.05, 0) is 187 Å². The summed E-state index contributed by atoms with van der Waals surface area (Å²) in [5, 5.41) is 3.90. The number of nitrogens with one attached hydrogen (secondary N) is 1. The van der Waals surface area contributed by atoms with E-state index < -0.39 is 52.3 Å². The zero-order valence-electron chi connectivity index (χ0n) is 75.4. The van der Waals surface area contributed by atoms with Crippen LogP contribution >= 0.6 is 34.0 Å². The van der Waals surface area contributed by atoms with Crippen molar-refractivity contribution in [3.05, 3.63) is 292 Å². The van der Waals surface area contributed by atoms with Gasteiger partial charge in [-0.3, -0.25) is 56.9 Å². The van der Waals surface area contributed by atoms with Crippen molar-refractivity contribution in [3.63, 3.8) is 0 Å². The number of benzene rings is 6. The summed E-state index contributed by atoms with van der Waals surface area (Å²) in [7, 11) is 3.35. The molecular weight excluding hydrogens is 1730 g/mol.